The van der Waals surface area contributed by atoms with Crippen molar-refractivity contribution in [1.82, 2.24) is 5.01 Å². The maximum absolute atomic E-state index is 10.2. The van der Waals surface area contributed by atoms with Crippen LogP contribution in [-0.4, -0.2) is 28.4 Å². The lowest BCUT2D eigenvalue weighted by Gasteiger charge is -2.08. The summed E-state index contributed by atoms with van der Waals surface area (Å²) in [5, 5.41) is 10.6. The molecule has 1 heterocycles. The van der Waals surface area contributed by atoms with Gasteiger partial charge in [-0.05, 0) is 6.92 Å². The third-order valence-corrected chi connectivity index (χ3v) is 1.55. The van der Waals surface area contributed by atoms with Gasteiger partial charge in [0.05, 0.1) is 0 Å². The van der Waals surface area contributed by atoms with E-state index in [2.05, 4.69) is 0 Å². The zero-order chi connectivity index (χ0) is 7.72. The first-order valence-corrected chi connectivity index (χ1v) is 3.25. The molecular formula is C4H7ClN2O3. The molecule has 6 heteroatoms. The third kappa shape index (κ3) is 1.30. The predicted molar refractivity (Wildman–Crippen MR) is 33.9 cm³/mol. The number of hydrogen-bond acceptors (Lipinski definition) is 3. The molecule has 0 spiro atoms. The number of nitrogens with zero attached hydrogens (tertiary/aromatic N) is 2. The first-order chi connectivity index (χ1) is 4.61. The fraction of sp³-hybridized carbons (Fsp3) is 1.00. The Kier molecular flexibility index (Phi) is 1.96. The summed E-state index contributed by atoms with van der Waals surface area (Å²) in [5.74, 6) is 0. The average molecular weight is 167 g/mol. The van der Waals surface area contributed by atoms with Crippen LogP contribution in [0.25, 0.3) is 0 Å². The lowest BCUT2D eigenvalue weighted by Crippen LogP contribution is -2.33. The molecule has 5 nitrogen and oxygen atoms in total. The molecular weight excluding hydrogens is 160 g/mol. The number of halogens is 1. The second-order valence-corrected chi connectivity index (χ2v) is 2.49. The summed E-state index contributed by atoms with van der Waals surface area (Å²) in [6, 6.07) is 0. The molecule has 0 aliphatic carbocycles. The summed E-state index contributed by atoms with van der Waals surface area (Å²) in [7, 11) is 0. The zero-order valence-corrected chi connectivity index (χ0v) is 6.11. The minimum atomic E-state index is -0.555. The Morgan fingerprint density at radius 2 is 2.50 bits per heavy atom. The molecule has 0 bridgehead atoms. The maximum Gasteiger partial charge on any atom is 0.186 e. The van der Waals surface area contributed by atoms with Crippen LogP contribution in [0.1, 0.15) is 6.92 Å². The fourth-order valence-electron chi connectivity index (χ4n) is 0.822. The SMILES string of the molecule is CC1OC(Cl)CN1[N+](=O)[O-]. The van der Waals surface area contributed by atoms with Crippen molar-refractivity contribution in [3.05, 3.63) is 10.1 Å². The molecule has 1 saturated heterocycles. The molecule has 58 valence electrons. The monoisotopic (exact) mass is 166 g/mol. The number of hydrazine groups is 1. The van der Waals surface area contributed by atoms with Crippen molar-refractivity contribution in [1.29, 1.82) is 0 Å². The van der Waals surface area contributed by atoms with Crippen LogP contribution in [-0.2, 0) is 4.74 Å². The smallest absolute Gasteiger partial charge is 0.186 e. The van der Waals surface area contributed by atoms with Crippen LogP contribution in [0.3, 0.4) is 0 Å². The van der Waals surface area contributed by atoms with Crippen molar-refractivity contribution in [2.45, 2.75) is 18.7 Å². The van der Waals surface area contributed by atoms with E-state index in [1.807, 2.05) is 0 Å². The van der Waals surface area contributed by atoms with Crippen molar-refractivity contribution in [2.75, 3.05) is 6.54 Å². The van der Waals surface area contributed by atoms with Gasteiger partial charge in [-0.25, -0.2) is 10.1 Å². The van der Waals surface area contributed by atoms with Crippen LogP contribution < -0.4 is 0 Å². The Balaban J connectivity index is 2.54. The molecule has 0 saturated carbocycles. The summed E-state index contributed by atoms with van der Waals surface area (Å²) < 4.78 is 4.88. The molecule has 1 aliphatic rings. The first-order valence-electron chi connectivity index (χ1n) is 2.81. The lowest BCUT2D eigenvalue weighted by molar-refractivity contribution is -0.664. The van der Waals surface area contributed by atoms with Gasteiger partial charge < -0.3 is 4.74 Å². The Hall–Kier alpha value is -0.550. The highest BCUT2D eigenvalue weighted by atomic mass is 35.5. The average Bonchev–Trinajstić information content (AvgIpc) is 2.10. The van der Waals surface area contributed by atoms with Crippen molar-refractivity contribution in [2.24, 2.45) is 0 Å². The Morgan fingerprint density at radius 1 is 1.90 bits per heavy atom. The van der Waals surface area contributed by atoms with Gasteiger partial charge in [0.2, 0.25) is 0 Å². The highest BCUT2D eigenvalue weighted by Crippen LogP contribution is 2.17. The zero-order valence-electron chi connectivity index (χ0n) is 5.36. The second-order valence-electron chi connectivity index (χ2n) is 2.01. The largest absolute Gasteiger partial charge is 0.332 e. The van der Waals surface area contributed by atoms with Gasteiger partial charge in [0.25, 0.3) is 0 Å². The highest BCUT2D eigenvalue weighted by Gasteiger charge is 2.35. The van der Waals surface area contributed by atoms with Gasteiger partial charge in [0, 0.05) is 0 Å². The molecule has 0 aromatic rings. The van der Waals surface area contributed by atoms with E-state index in [1.165, 1.54) is 0 Å². The van der Waals surface area contributed by atoms with Gasteiger partial charge >= 0.3 is 0 Å². The summed E-state index contributed by atoms with van der Waals surface area (Å²) in [6.45, 7) is 1.74. The number of hydrogen-bond donors (Lipinski definition) is 0. The van der Waals surface area contributed by atoms with Gasteiger partial charge in [0.15, 0.2) is 16.8 Å². The van der Waals surface area contributed by atoms with Crippen molar-refractivity contribution in [3.63, 3.8) is 0 Å². The van der Waals surface area contributed by atoms with Crippen LogP contribution in [0.2, 0.25) is 0 Å². The molecule has 0 N–H and O–H groups in total. The topological polar surface area (TPSA) is 55.6 Å². The summed E-state index contributed by atoms with van der Waals surface area (Å²) in [5.41, 5.74) is -0.555. The molecule has 10 heavy (non-hydrogen) atoms. The van der Waals surface area contributed by atoms with Gasteiger partial charge in [0.1, 0.15) is 6.54 Å². The van der Waals surface area contributed by atoms with E-state index >= 15 is 0 Å². The van der Waals surface area contributed by atoms with E-state index in [9.17, 15) is 10.1 Å². The number of nitro groups is 1. The number of rotatable bonds is 1. The van der Waals surface area contributed by atoms with E-state index in [-0.39, 0.29) is 6.54 Å². The van der Waals surface area contributed by atoms with Gasteiger partial charge in [-0.2, -0.15) is 0 Å². The van der Waals surface area contributed by atoms with E-state index in [0.29, 0.717) is 0 Å². The van der Waals surface area contributed by atoms with Crippen LogP contribution in [0.5, 0.6) is 0 Å². The molecule has 2 unspecified atom stereocenters. The standard InChI is InChI=1S/C4H7ClN2O3/c1-3-6(7(8)9)2-4(5)10-3/h3-4H,2H2,1H3. The summed E-state index contributed by atoms with van der Waals surface area (Å²) in [6.07, 6.45) is -0.516. The Bertz CT molecular complexity index is 153. The number of alkyl halides is 1. The van der Waals surface area contributed by atoms with Crippen molar-refractivity contribution >= 4 is 11.6 Å². The minimum absolute atomic E-state index is 0.149. The Labute approximate surface area is 62.6 Å². The predicted octanol–water partition coefficient (Wildman–Crippen LogP) is 0.421. The van der Waals surface area contributed by atoms with Gasteiger partial charge in [-0.1, -0.05) is 16.6 Å². The number of ether oxygens (including phenoxy) is 1. The second kappa shape index (κ2) is 2.59. The summed E-state index contributed by atoms with van der Waals surface area (Å²) >= 11 is 5.48. The summed E-state index contributed by atoms with van der Waals surface area (Å²) in [4.78, 5) is 10.2. The maximum atomic E-state index is 10.2. The highest BCUT2D eigenvalue weighted by molar-refractivity contribution is 6.20. The Morgan fingerprint density at radius 3 is 2.70 bits per heavy atom. The van der Waals surface area contributed by atoms with Crippen LogP contribution in [0.15, 0.2) is 0 Å². The quantitative estimate of drug-likeness (QED) is 0.322. The van der Waals surface area contributed by atoms with Crippen molar-refractivity contribution in [3.8, 4) is 0 Å². The van der Waals surface area contributed by atoms with Crippen LogP contribution >= 0.6 is 11.6 Å². The molecule has 0 amide bonds. The van der Waals surface area contributed by atoms with E-state index < -0.39 is 16.8 Å². The van der Waals surface area contributed by atoms with E-state index in [0.717, 1.165) is 5.01 Å². The molecule has 0 radical (unpaired) electrons. The molecule has 0 aromatic carbocycles. The molecule has 1 rings (SSSR count). The molecule has 1 fully saturated rings. The lowest BCUT2D eigenvalue weighted by atomic mass is 10.6. The van der Waals surface area contributed by atoms with Crippen LogP contribution in [0.4, 0.5) is 0 Å². The van der Waals surface area contributed by atoms with Gasteiger partial charge in [-0.3, -0.25) is 0 Å². The van der Waals surface area contributed by atoms with E-state index in [4.69, 9.17) is 16.3 Å². The normalized spacial score (nSPS) is 32.8. The van der Waals surface area contributed by atoms with Gasteiger partial charge in [-0.15, -0.1) is 0 Å². The molecule has 1 aliphatic heterocycles. The molecule has 0 aromatic heterocycles. The minimum Gasteiger partial charge on any atom is -0.332 e. The van der Waals surface area contributed by atoms with Crippen LogP contribution in [0, 0.1) is 10.1 Å². The molecule has 2 atom stereocenters. The first kappa shape index (κ1) is 7.56. The van der Waals surface area contributed by atoms with Crippen molar-refractivity contribution < 1.29 is 9.77 Å². The third-order valence-electron chi connectivity index (χ3n) is 1.30. The van der Waals surface area contributed by atoms with E-state index in [1.54, 1.807) is 6.92 Å². The fourth-order valence-corrected chi connectivity index (χ4v) is 1.11.